The molecule has 1 rings (SSSR count). The summed E-state index contributed by atoms with van der Waals surface area (Å²) in [5.41, 5.74) is 0.0918. The molecule has 4 nitrogen and oxygen atoms in total. The highest BCUT2D eigenvalue weighted by Gasteiger charge is 2.33. The molecule has 0 aromatic carbocycles. The fourth-order valence-corrected chi connectivity index (χ4v) is 2.30. The first kappa shape index (κ1) is 14.7. The summed E-state index contributed by atoms with van der Waals surface area (Å²) in [6.45, 7) is 7.09. The Bertz CT molecular complexity index is 330. The highest BCUT2D eigenvalue weighted by Crippen LogP contribution is 2.34. The third kappa shape index (κ3) is 4.17. The third-order valence-electron chi connectivity index (χ3n) is 3.52. The van der Waals surface area contributed by atoms with E-state index in [4.69, 9.17) is 4.74 Å². The minimum absolute atomic E-state index is 0.0759. The molecule has 0 bridgehead atoms. The van der Waals surface area contributed by atoms with Crippen LogP contribution < -0.4 is 5.32 Å². The first-order valence-corrected chi connectivity index (χ1v) is 6.64. The average molecular weight is 253 g/mol. The Balaban J connectivity index is 2.42. The monoisotopic (exact) mass is 253 g/mol. The molecule has 0 saturated heterocycles. The van der Waals surface area contributed by atoms with Crippen LogP contribution in [-0.4, -0.2) is 24.0 Å². The van der Waals surface area contributed by atoms with Gasteiger partial charge in [-0.1, -0.05) is 19.9 Å². The van der Waals surface area contributed by atoms with Gasteiger partial charge in [-0.05, 0) is 39.0 Å². The summed E-state index contributed by atoms with van der Waals surface area (Å²) in [6, 6.07) is 0. The quantitative estimate of drug-likeness (QED) is 0.604. The van der Waals surface area contributed by atoms with E-state index in [2.05, 4.69) is 11.9 Å². The van der Waals surface area contributed by atoms with Gasteiger partial charge in [0.25, 0.3) is 0 Å². The van der Waals surface area contributed by atoms with E-state index in [9.17, 15) is 9.59 Å². The summed E-state index contributed by atoms with van der Waals surface area (Å²) >= 11 is 0. The normalized spacial score (nSPS) is 17.9. The van der Waals surface area contributed by atoms with Crippen molar-refractivity contribution in [2.24, 2.45) is 0 Å². The van der Waals surface area contributed by atoms with Gasteiger partial charge in [0.2, 0.25) is 5.91 Å². The van der Waals surface area contributed by atoms with Crippen molar-refractivity contribution in [2.75, 3.05) is 6.54 Å². The average Bonchev–Trinajstić information content (AvgIpc) is 2.36. The highest BCUT2D eigenvalue weighted by atomic mass is 16.6. The molecule has 0 atom stereocenters. The predicted octanol–water partition coefficient (Wildman–Crippen LogP) is 2.33. The molecule has 1 saturated carbocycles. The van der Waals surface area contributed by atoms with Crippen molar-refractivity contribution in [2.45, 2.75) is 58.0 Å². The second-order valence-electron chi connectivity index (χ2n) is 5.03. The summed E-state index contributed by atoms with van der Waals surface area (Å²) in [5.74, 6) is -0.658. The lowest BCUT2D eigenvalue weighted by Crippen LogP contribution is -2.40. The zero-order valence-electron chi connectivity index (χ0n) is 11.4. The fraction of sp³-hybridized carbons (Fsp3) is 0.714. The molecule has 0 aromatic rings. The van der Waals surface area contributed by atoms with Gasteiger partial charge in [-0.15, -0.1) is 0 Å². The second-order valence-corrected chi connectivity index (χ2v) is 5.03. The Morgan fingerprint density at radius 1 is 1.28 bits per heavy atom. The van der Waals surface area contributed by atoms with Gasteiger partial charge in [0.05, 0.1) is 0 Å². The summed E-state index contributed by atoms with van der Waals surface area (Å²) in [4.78, 5) is 23.0. The molecule has 1 aliphatic rings. The molecular formula is C14H23NO3. The minimum Gasteiger partial charge on any atom is -0.458 e. The maximum atomic E-state index is 11.7. The van der Waals surface area contributed by atoms with E-state index in [-0.39, 0.29) is 24.0 Å². The molecule has 1 N–H and O–H groups in total. The first-order valence-electron chi connectivity index (χ1n) is 6.64. The Kier molecular flexibility index (Phi) is 5.38. The van der Waals surface area contributed by atoms with Crippen LogP contribution in [0.25, 0.3) is 0 Å². The van der Waals surface area contributed by atoms with Crippen molar-refractivity contribution in [3.05, 3.63) is 12.2 Å². The van der Waals surface area contributed by atoms with E-state index in [1.165, 1.54) is 6.42 Å². The van der Waals surface area contributed by atoms with Crippen LogP contribution in [0.5, 0.6) is 0 Å². The van der Waals surface area contributed by atoms with Crippen molar-refractivity contribution in [1.29, 1.82) is 0 Å². The largest absolute Gasteiger partial charge is 0.458 e. The molecule has 4 heteroatoms. The number of ether oxygens (including phenoxy) is 1. The van der Waals surface area contributed by atoms with Crippen molar-refractivity contribution in [3.8, 4) is 0 Å². The molecule has 0 aliphatic heterocycles. The van der Waals surface area contributed by atoms with Gasteiger partial charge < -0.3 is 10.1 Å². The molecule has 1 amide bonds. The highest BCUT2D eigenvalue weighted by molar-refractivity contribution is 5.94. The summed E-state index contributed by atoms with van der Waals surface area (Å²) in [7, 11) is 0. The Morgan fingerprint density at radius 3 is 2.39 bits per heavy atom. The number of carbonyl (C=O) groups excluding carboxylic acids is 2. The number of hydrogen-bond acceptors (Lipinski definition) is 3. The predicted molar refractivity (Wildman–Crippen MR) is 70.0 cm³/mol. The van der Waals surface area contributed by atoms with Crippen LogP contribution in [0.1, 0.15) is 52.4 Å². The maximum absolute atomic E-state index is 11.7. The van der Waals surface area contributed by atoms with Crippen LogP contribution in [-0.2, 0) is 14.3 Å². The van der Waals surface area contributed by atoms with Crippen LogP contribution in [0, 0.1) is 0 Å². The van der Waals surface area contributed by atoms with Crippen molar-refractivity contribution in [1.82, 2.24) is 5.32 Å². The fourth-order valence-electron chi connectivity index (χ4n) is 2.30. The summed E-state index contributed by atoms with van der Waals surface area (Å²) < 4.78 is 5.57. The van der Waals surface area contributed by atoms with E-state index < -0.39 is 0 Å². The van der Waals surface area contributed by atoms with Crippen LogP contribution in [0.2, 0.25) is 0 Å². The molecule has 1 aliphatic carbocycles. The summed E-state index contributed by atoms with van der Waals surface area (Å²) in [5, 5.41) is 2.50. The van der Waals surface area contributed by atoms with Gasteiger partial charge >= 0.3 is 5.97 Å². The van der Waals surface area contributed by atoms with Gasteiger partial charge in [0, 0.05) is 5.57 Å². The zero-order valence-corrected chi connectivity index (χ0v) is 11.4. The second kappa shape index (κ2) is 6.57. The van der Waals surface area contributed by atoms with Gasteiger partial charge in [-0.25, -0.2) is 0 Å². The molecule has 1 fully saturated rings. The molecule has 0 spiro atoms. The van der Waals surface area contributed by atoms with Crippen LogP contribution in [0.15, 0.2) is 12.2 Å². The smallest absolute Gasteiger partial charge is 0.325 e. The number of esters is 1. The zero-order chi connectivity index (χ0) is 13.6. The van der Waals surface area contributed by atoms with Gasteiger partial charge in [-0.3, -0.25) is 9.59 Å². The lowest BCUT2D eigenvalue weighted by molar-refractivity contribution is -0.163. The lowest BCUT2D eigenvalue weighted by Gasteiger charge is -2.36. The van der Waals surface area contributed by atoms with Crippen molar-refractivity contribution in [3.63, 3.8) is 0 Å². The molecule has 0 unspecified atom stereocenters. The molecule has 0 aromatic heterocycles. The van der Waals surface area contributed by atoms with E-state index in [1.54, 1.807) is 6.92 Å². The van der Waals surface area contributed by atoms with Crippen molar-refractivity contribution < 1.29 is 14.3 Å². The van der Waals surface area contributed by atoms with E-state index in [0.717, 1.165) is 32.1 Å². The Hall–Kier alpha value is -1.32. The van der Waals surface area contributed by atoms with Gasteiger partial charge in [-0.2, -0.15) is 0 Å². The van der Waals surface area contributed by atoms with Gasteiger partial charge in [0.1, 0.15) is 12.1 Å². The molecule has 0 radical (unpaired) electrons. The lowest BCUT2D eigenvalue weighted by atomic mass is 9.83. The molecule has 0 heterocycles. The topological polar surface area (TPSA) is 55.4 Å². The number of rotatable bonds is 5. The van der Waals surface area contributed by atoms with Crippen LogP contribution >= 0.6 is 0 Å². The summed E-state index contributed by atoms with van der Waals surface area (Å²) in [6.07, 6.45) is 6.14. The van der Waals surface area contributed by atoms with E-state index in [1.807, 2.05) is 6.92 Å². The first-order chi connectivity index (χ1) is 8.49. The standard InChI is InChI=1S/C14H23NO3/c1-4-14(8-6-5-7-9-14)18-12(16)10-15-13(17)11(2)3/h2,4-10H2,1,3H3,(H,15,17). The minimum atomic E-state index is -0.353. The maximum Gasteiger partial charge on any atom is 0.325 e. The molecular weight excluding hydrogens is 230 g/mol. The van der Waals surface area contributed by atoms with E-state index >= 15 is 0 Å². The SMILES string of the molecule is C=C(C)C(=O)NCC(=O)OC1(CC)CCCCC1. The van der Waals surface area contributed by atoms with Gasteiger partial charge in [0.15, 0.2) is 0 Å². The molecule has 102 valence electrons. The van der Waals surface area contributed by atoms with Crippen LogP contribution in [0.3, 0.4) is 0 Å². The van der Waals surface area contributed by atoms with Crippen molar-refractivity contribution >= 4 is 11.9 Å². The number of nitrogens with one attached hydrogen (secondary N) is 1. The number of amides is 1. The number of carbonyl (C=O) groups is 2. The van der Waals surface area contributed by atoms with Crippen LogP contribution in [0.4, 0.5) is 0 Å². The third-order valence-corrected chi connectivity index (χ3v) is 3.52. The molecule has 18 heavy (non-hydrogen) atoms. The Morgan fingerprint density at radius 2 is 1.89 bits per heavy atom. The Labute approximate surface area is 109 Å². The van der Waals surface area contributed by atoms with E-state index in [0.29, 0.717) is 5.57 Å². The number of hydrogen-bond donors (Lipinski definition) is 1.